The van der Waals surface area contributed by atoms with Crippen molar-refractivity contribution in [2.24, 2.45) is 5.92 Å². The molecule has 6 heteroatoms. The van der Waals surface area contributed by atoms with Gasteiger partial charge in [-0.2, -0.15) is 0 Å². The molecule has 1 aromatic rings. The third kappa shape index (κ3) is 3.13. The minimum absolute atomic E-state index is 0.0220. The Hall–Kier alpha value is -2.37. The Balaban J connectivity index is 1.43. The van der Waals surface area contributed by atoms with Crippen LogP contribution in [0.15, 0.2) is 18.2 Å². The Morgan fingerprint density at radius 2 is 2.00 bits per heavy atom. The van der Waals surface area contributed by atoms with E-state index in [9.17, 15) is 14.4 Å². The molecule has 2 saturated heterocycles. The molecule has 4 rings (SSSR count). The summed E-state index contributed by atoms with van der Waals surface area (Å²) in [6, 6.07) is 5.71. The number of fused-ring (bicyclic) bond motifs is 1. The molecule has 0 aromatic heterocycles. The minimum atomic E-state index is -0.467. The van der Waals surface area contributed by atoms with Crippen LogP contribution in [0.5, 0.6) is 0 Å². The number of carbonyl (C=O) groups is 3. The molecule has 1 aromatic carbocycles. The number of nitrogens with one attached hydrogen (secondary N) is 2. The van der Waals surface area contributed by atoms with Gasteiger partial charge in [0.25, 0.3) is 0 Å². The Morgan fingerprint density at radius 3 is 2.84 bits per heavy atom. The zero-order chi connectivity index (χ0) is 17.4. The minimum Gasteiger partial charge on any atom is -0.354 e. The third-order valence-electron chi connectivity index (χ3n) is 5.49. The van der Waals surface area contributed by atoms with E-state index in [4.69, 9.17) is 0 Å². The molecule has 2 atom stereocenters. The maximum atomic E-state index is 12.5. The van der Waals surface area contributed by atoms with E-state index >= 15 is 0 Å². The highest BCUT2D eigenvalue weighted by Gasteiger charge is 2.37. The molecule has 0 radical (unpaired) electrons. The van der Waals surface area contributed by atoms with Crippen LogP contribution in [-0.2, 0) is 27.2 Å². The molecule has 132 valence electrons. The zero-order valence-electron chi connectivity index (χ0n) is 14.2. The summed E-state index contributed by atoms with van der Waals surface area (Å²) < 4.78 is 0. The fourth-order valence-electron chi connectivity index (χ4n) is 4.06. The molecular weight excluding hydrogens is 318 g/mol. The SMILES string of the molecule is O=C(NC1CCCNC1=O)C1CC(=O)N(c2ccc3c(c2)CCC3)C1. The van der Waals surface area contributed by atoms with Gasteiger partial charge >= 0.3 is 0 Å². The number of hydrogen-bond acceptors (Lipinski definition) is 3. The van der Waals surface area contributed by atoms with Gasteiger partial charge < -0.3 is 15.5 Å². The fraction of sp³-hybridized carbons (Fsp3) is 0.526. The number of piperidine rings is 1. The highest BCUT2D eigenvalue weighted by Crippen LogP contribution is 2.30. The molecule has 0 spiro atoms. The van der Waals surface area contributed by atoms with Crippen LogP contribution in [0.2, 0.25) is 0 Å². The molecule has 2 heterocycles. The first-order valence-electron chi connectivity index (χ1n) is 9.12. The molecule has 0 saturated carbocycles. The highest BCUT2D eigenvalue weighted by atomic mass is 16.2. The van der Waals surface area contributed by atoms with E-state index in [1.54, 1.807) is 4.90 Å². The van der Waals surface area contributed by atoms with Crippen molar-refractivity contribution in [2.75, 3.05) is 18.0 Å². The third-order valence-corrected chi connectivity index (χ3v) is 5.49. The quantitative estimate of drug-likeness (QED) is 0.858. The van der Waals surface area contributed by atoms with Crippen LogP contribution in [0.1, 0.15) is 36.8 Å². The lowest BCUT2D eigenvalue weighted by molar-refractivity contribution is -0.132. The second-order valence-corrected chi connectivity index (χ2v) is 7.21. The van der Waals surface area contributed by atoms with Crippen molar-refractivity contribution in [2.45, 2.75) is 44.6 Å². The fourth-order valence-corrected chi connectivity index (χ4v) is 4.06. The van der Waals surface area contributed by atoms with Crippen LogP contribution in [0.4, 0.5) is 5.69 Å². The predicted molar refractivity (Wildman–Crippen MR) is 93.1 cm³/mol. The highest BCUT2D eigenvalue weighted by molar-refractivity contribution is 6.01. The van der Waals surface area contributed by atoms with E-state index in [0.717, 1.165) is 24.9 Å². The molecule has 0 bridgehead atoms. The van der Waals surface area contributed by atoms with Crippen molar-refractivity contribution in [3.8, 4) is 0 Å². The van der Waals surface area contributed by atoms with Crippen molar-refractivity contribution in [3.63, 3.8) is 0 Å². The number of hydrogen-bond donors (Lipinski definition) is 2. The van der Waals surface area contributed by atoms with Gasteiger partial charge in [-0.05, 0) is 55.4 Å². The van der Waals surface area contributed by atoms with Gasteiger partial charge in [-0.15, -0.1) is 0 Å². The van der Waals surface area contributed by atoms with E-state index in [1.165, 1.54) is 17.5 Å². The van der Waals surface area contributed by atoms with E-state index in [2.05, 4.69) is 22.8 Å². The standard InChI is InChI=1S/C19H23N3O3/c23-17-10-14(18(24)21-16-5-2-8-20-19(16)25)11-22(17)15-7-6-12-3-1-4-13(12)9-15/h6-7,9,14,16H,1-5,8,10-11H2,(H,20,25)(H,21,24). The van der Waals surface area contributed by atoms with Crippen LogP contribution < -0.4 is 15.5 Å². The van der Waals surface area contributed by atoms with Crippen LogP contribution in [0.3, 0.4) is 0 Å². The van der Waals surface area contributed by atoms with E-state index in [0.29, 0.717) is 19.5 Å². The number of aryl methyl sites for hydroxylation is 2. The van der Waals surface area contributed by atoms with Crippen LogP contribution in [0, 0.1) is 5.92 Å². The van der Waals surface area contributed by atoms with Gasteiger partial charge in [-0.25, -0.2) is 0 Å². The van der Waals surface area contributed by atoms with E-state index < -0.39 is 12.0 Å². The predicted octanol–water partition coefficient (Wildman–Crippen LogP) is 0.923. The zero-order valence-corrected chi connectivity index (χ0v) is 14.2. The second-order valence-electron chi connectivity index (χ2n) is 7.21. The molecule has 2 unspecified atom stereocenters. The van der Waals surface area contributed by atoms with Crippen LogP contribution in [-0.4, -0.2) is 36.9 Å². The van der Waals surface area contributed by atoms with Gasteiger partial charge in [-0.3, -0.25) is 14.4 Å². The van der Waals surface area contributed by atoms with Crippen molar-refractivity contribution in [1.82, 2.24) is 10.6 Å². The first-order valence-corrected chi connectivity index (χ1v) is 9.12. The van der Waals surface area contributed by atoms with E-state index in [1.807, 2.05) is 6.07 Å². The lowest BCUT2D eigenvalue weighted by Gasteiger charge is -2.24. The summed E-state index contributed by atoms with van der Waals surface area (Å²) >= 11 is 0. The molecule has 25 heavy (non-hydrogen) atoms. The topological polar surface area (TPSA) is 78.5 Å². The van der Waals surface area contributed by atoms with Crippen molar-refractivity contribution in [3.05, 3.63) is 29.3 Å². The lowest BCUT2D eigenvalue weighted by atomic mass is 10.0. The van der Waals surface area contributed by atoms with Gasteiger partial charge in [-0.1, -0.05) is 6.07 Å². The maximum Gasteiger partial charge on any atom is 0.242 e. The number of amides is 3. The molecule has 6 nitrogen and oxygen atoms in total. The average Bonchev–Trinajstić information content (AvgIpc) is 3.22. The number of benzene rings is 1. The monoisotopic (exact) mass is 341 g/mol. The molecular formula is C19H23N3O3. The largest absolute Gasteiger partial charge is 0.354 e. The summed E-state index contributed by atoms with van der Waals surface area (Å²) in [5.74, 6) is -0.736. The van der Waals surface area contributed by atoms with Gasteiger partial charge in [0.15, 0.2) is 0 Å². The number of nitrogens with zero attached hydrogens (tertiary/aromatic N) is 1. The summed E-state index contributed by atoms with van der Waals surface area (Å²) in [6.07, 6.45) is 5.07. The normalized spacial score (nSPS) is 25.7. The molecule has 3 aliphatic rings. The van der Waals surface area contributed by atoms with Crippen molar-refractivity contribution in [1.29, 1.82) is 0 Å². The van der Waals surface area contributed by atoms with E-state index in [-0.39, 0.29) is 24.1 Å². The molecule has 2 aliphatic heterocycles. The summed E-state index contributed by atoms with van der Waals surface area (Å²) in [7, 11) is 0. The van der Waals surface area contributed by atoms with Gasteiger partial charge in [0, 0.05) is 25.2 Å². The lowest BCUT2D eigenvalue weighted by Crippen LogP contribution is -2.51. The smallest absolute Gasteiger partial charge is 0.242 e. The Labute approximate surface area is 147 Å². The summed E-state index contributed by atoms with van der Waals surface area (Å²) in [5, 5.41) is 5.58. The van der Waals surface area contributed by atoms with Crippen LogP contribution in [0.25, 0.3) is 0 Å². The number of carbonyl (C=O) groups excluding carboxylic acids is 3. The molecule has 2 N–H and O–H groups in total. The maximum absolute atomic E-state index is 12.5. The second kappa shape index (κ2) is 6.50. The summed E-state index contributed by atoms with van der Waals surface area (Å²) in [4.78, 5) is 38.4. The first kappa shape index (κ1) is 16.1. The Morgan fingerprint density at radius 1 is 1.16 bits per heavy atom. The number of rotatable bonds is 3. The first-order chi connectivity index (χ1) is 12.1. The molecule has 3 amide bonds. The molecule has 2 fully saturated rings. The Bertz CT molecular complexity index is 731. The average molecular weight is 341 g/mol. The molecule has 1 aliphatic carbocycles. The van der Waals surface area contributed by atoms with Gasteiger partial charge in [0.05, 0.1) is 5.92 Å². The Kier molecular flexibility index (Phi) is 4.19. The summed E-state index contributed by atoms with van der Waals surface area (Å²) in [6.45, 7) is 1.05. The van der Waals surface area contributed by atoms with Crippen molar-refractivity contribution >= 4 is 23.4 Å². The van der Waals surface area contributed by atoms with Gasteiger partial charge in [0.2, 0.25) is 17.7 Å². The van der Waals surface area contributed by atoms with Crippen molar-refractivity contribution < 1.29 is 14.4 Å². The summed E-state index contributed by atoms with van der Waals surface area (Å²) in [5.41, 5.74) is 3.57. The number of anilines is 1. The van der Waals surface area contributed by atoms with Gasteiger partial charge in [0.1, 0.15) is 6.04 Å². The van der Waals surface area contributed by atoms with Crippen LogP contribution >= 0.6 is 0 Å².